The van der Waals surface area contributed by atoms with Crippen molar-refractivity contribution in [2.45, 2.75) is 50.4 Å². The molecule has 1 N–H and O–H groups in total. The summed E-state index contributed by atoms with van der Waals surface area (Å²) in [6, 6.07) is 1.95. The van der Waals surface area contributed by atoms with Gasteiger partial charge in [-0.15, -0.1) is 0 Å². The smallest absolute Gasteiger partial charge is 0.307 e. The first-order chi connectivity index (χ1) is 13.5. The van der Waals surface area contributed by atoms with Crippen LogP contribution >= 0.6 is 15.9 Å². The van der Waals surface area contributed by atoms with Crippen molar-refractivity contribution in [1.82, 2.24) is 4.90 Å². The van der Waals surface area contributed by atoms with Gasteiger partial charge in [-0.3, -0.25) is 9.69 Å². The van der Waals surface area contributed by atoms with E-state index >= 15 is 0 Å². The number of aliphatic hydroxyl groups excluding tert-OH is 1. The highest BCUT2D eigenvalue weighted by atomic mass is 79.9. The maximum Gasteiger partial charge on any atom is 0.307 e. The zero-order valence-corrected chi connectivity index (χ0v) is 17.8. The van der Waals surface area contributed by atoms with Crippen LogP contribution in [0.25, 0.3) is 0 Å². The summed E-state index contributed by atoms with van der Waals surface area (Å²) in [6.45, 7) is 4.45. The van der Waals surface area contributed by atoms with Crippen LogP contribution < -0.4 is 9.47 Å². The Morgan fingerprint density at radius 3 is 3.07 bits per heavy atom. The molecule has 2 heterocycles. The number of halogens is 1. The second-order valence-corrected chi connectivity index (χ2v) is 8.49. The van der Waals surface area contributed by atoms with E-state index in [4.69, 9.17) is 14.2 Å². The van der Waals surface area contributed by atoms with Crippen molar-refractivity contribution in [1.29, 1.82) is 0 Å². The Morgan fingerprint density at radius 1 is 1.50 bits per heavy atom. The SMILES string of the molecule is CCOC(=O)CCN1CCC23C=C[C@@H](O)C[C@H]2Oc2c(OC)cc(Br)c(c23)C1. The first-order valence-electron chi connectivity index (χ1n) is 9.80. The Balaban J connectivity index is 1.72. The van der Waals surface area contributed by atoms with Crippen molar-refractivity contribution in [2.24, 2.45) is 0 Å². The van der Waals surface area contributed by atoms with Crippen LogP contribution in [0.4, 0.5) is 0 Å². The van der Waals surface area contributed by atoms with Crippen molar-refractivity contribution in [3.05, 3.63) is 33.8 Å². The maximum absolute atomic E-state index is 11.8. The average molecular weight is 452 g/mol. The number of esters is 1. The van der Waals surface area contributed by atoms with Gasteiger partial charge in [0.1, 0.15) is 6.10 Å². The van der Waals surface area contributed by atoms with Gasteiger partial charge in [-0.1, -0.05) is 28.1 Å². The number of hydrogen-bond donors (Lipinski definition) is 1. The van der Waals surface area contributed by atoms with Gasteiger partial charge in [-0.05, 0) is 31.5 Å². The van der Waals surface area contributed by atoms with E-state index < -0.39 is 6.10 Å². The molecular weight excluding hydrogens is 426 g/mol. The summed E-state index contributed by atoms with van der Waals surface area (Å²) in [6.07, 6.45) is 5.21. The number of aliphatic hydroxyl groups is 1. The van der Waals surface area contributed by atoms with Crippen LogP contribution in [-0.2, 0) is 21.5 Å². The van der Waals surface area contributed by atoms with E-state index in [1.807, 2.05) is 19.1 Å². The zero-order valence-electron chi connectivity index (χ0n) is 16.2. The third-order valence-corrected chi connectivity index (χ3v) is 6.76. The lowest BCUT2D eigenvalue weighted by atomic mass is 9.69. The molecule has 0 bridgehead atoms. The van der Waals surface area contributed by atoms with Crippen LogP contribution in [0, 0.1) is 0 Å². The molecule has 0 fully saturated rings. The van der Waals surface area contributed by atoms with E-state index in [1.54, 1.807) is 7.11 Å². The van der Waals surface area contributed by atoms with Gasteiger partial charge >= 0.3 is 5.97 Å². The summed E-state index contributed by atoms with van der Waals surface area (Å²) in [5.74, 6) is 1.34. The van der Waals surface area contributed by atoms with Crippen molar-refractivity contribution >= 4 is 21.9 Å². The predicted octanol–water partition coefficient (Wildman–Crippen LogP) is 2.94. The number of carbonyl (C=O) groups is 1. The molecule has 152 valence electrons. The summed E-state index contributed by atoms with van der Waals surface area (Å²) in [7, 11) is 1.65. The topological polar surface area (TPSA) is 68.2 Å². The molecule has 0 aromatic heterocycles. The standard InChI is InChI=1S/C21H26BrNO5/c1-3-27-18(25)5-8-23-9-7-21-6-4-13(24)10-17(21)28-20-16(26-2)11-15(22)14(12-23)19(20)21/h4,6,11,13,17,24H,3,5,7-10,12H2,1-2H3/t13-,17-,21?/m1/s1. The fourth-order valence-corrected chi connectivity index (χ4v) is 5.22. The van der Waals surface area contributed by atoms with Crippen molar-refractivity contribution in [2.75, 3.05) is 26.8 Å². The van der Waals surface area contributed by atoms with Gasteiger partial charge in [0.15, 0.2) is 11.5 Å². The van der Waals surface area contributed by atoms with E-state index in [1.165, 1.54) is 5.56 Å². The van der Waals surface area contributed by atoms with Crippen LogP contribution in [0.5, 0.6) is 11.5 Å². The van der Waals surface area contributed by atoms with Gasteiger partial charge in [0.2, 0.25) is 0 Å². The molecule has 1 spiro atoms. The molecule has 3 aliphatic rings. The largest absolute Gasteiger partial charge is 0.493 e. The maximum atomic E-state index is 11.8. The molecule has 0 saturated heterocycles. The van der Waals surface area contributed by atoms with Crippen LogP contribution in [0.2, 0.25) is 0 Å². The number of rotatable bonds is 5. The molecule has 0 amide bonds. The number of carbonyl (C=O) groups excluding carboxylic acids is 1. The zero-order chi connectivity index (χ0) is 19.9. The summed E-state index contributed by atoms with van der Waals surface area (Å²) in [5.41, 5.74) is 2.05. The Bertz CT molecular complexity index is 810. The Morgan fingerprint density at radius 2 is 2.32 bits per heavy atom. The second-order valence-electron chi connectivity index (χ2n) is 7.63. The number of benzene rings is 1. The minimum Gasteiger partial charge on any atom is -0.493 e. The highest BCUT2D eigenvalue weighted by Crippen LogP contribution is 2.57. The summed E-state index contributed by atoms with van der Waals surface area (Å²) in [4.78, 5) is 14.1. The van der Waals surface area contributed by atoms with Crippen LogP contribution in [0.1, 0.15) is 37.3 Å². The van der Waals surface area contributed by atoms with E-state index in [2.05, 4.69) is 26.9 Å². The minimum atomic E-state index is -0.494. The fraction of sp³-hybridized carbons (Fsp3) is 0.571. The van der Waals surface area contributed by atoms with E-state index in [-0.39, 0.29) is 17.5 Å². The van der Waals surface area contributed by atoms with Crippen molar-refractivity contribution < 1.29 is 24.1 Å². The Hall–Kier alpha value is -1.57. The van der Waals surface area contributed by atoms with Crippen LogP contribution in [-0.4, -0.2) is 55.0 Å². The molecule has 1 unspecified atom stereocenters. The molecule has 4 rings (SSSR count). The monoisotopic (exact) mass is 451 g/mol. The first-order valence-corrected chi connectivity index (χ1v) is 10.6. The number of methoxy groups -OCH3 is 1. The highest BCUT2D eigenvalue weighted by molar-refractivity contribution is 9.10. The molecule has 28 heavy (non-hydrogen) atoms. The quantitative estimate of drug-likeness (QED) is 0.548. The van der Waals surface area contributed by atoms with Crippen molar-refractivity contribution in [3.8, 4) is 11.5 Å². The van der Waals surface area contributed by atoms with Gasteiger partial charge in [-0.2, -0.15) is 0 Å². The second kappa shape index (κ2) is 7.69. The molecule has 1 aromatic carbocycles. The lowest BCUT2D eigenvalue weighted by molar-refractivity contribution is -0.143. The normalized spacial score (nSPS) is 28.1. The van der Waals surface area contributed by atoms with Gasteiger partial charge in [0.05, 0.1) is 31.7 Å². The molecule has 7 heteroatoms. The third-order valence-electron chi connectivity index (χ3n) is 6.05. The lowest BCUT2D eigenvalue weighted by Gasteiger charge is -2.36. The lowest BCUT2D eigenvalue weighted by Crippen LogP contribution is -2.43. The molecule has 2 aliphatic heterocycles. The fourth-order valence-electron chi connectivity index (χ4n) is 4.69. The van der Waals surface area contributed by atoms with Gasteiger partial charge < -0.3 is 19.3 Å². The molecule has 1 aliphatic carbocycles. The van der Waals surface area contributed by atoms with E-state index in [9.17, 15) is 9.90 Å². The predicted molar refractivity (Wildman–Crippen MR) is 108 cm³/mol. The molecule has 3 atom stereocenters. The van der Waals surface area contributed by atoms with Crippen LogP contribution in [0.15, 0.2) is 22.7 Å². The molecular formula is C21H26BrNO5. The van der Waals surface area contributed by atoms with Gasteiger partial charge in [0.25, 0.3) is 0 Å². The molecule has 0 saturated carbocycles. The third kappa shape index (κ3) is 3.23. The Labute approximate surface area is 173 Å². The van der Waals surface area contributed by atoms with Crippen molar-refractivity contribution in [3.63, 3.8) is 0 Å². The van der Waals surface area contributed by atoms with E-state index in [0.717, 1.165) is 35.3 Å². The summed E-state index contributed by atoms with van der Waals surface area (Å²) < 4.78 is 18.0. The first kappa shape index (κ1) is 19.7. The minimum absolute atomic E-state index is 0.116. The summed E-state index contributed by atoms with van der Waals surface area (Å²) >= 11 is 3.73. The highest BCUT2D eigenvalue weighted by Gasteiger charge is 2.53. The average Bonchev–Trinajstić information content (AvgIpc) is 2.90. The van der Waals surface area contributed by atoms with E-state index in [0.29, 0.717) is 31.7 Å². The van der Waals surface area contributed by atoms with Crippen LogP contribution in [0.3, 0.4) is 0 Å². The number of hydrogen-bond acceptors (Lipinski definition) is 6. The Kier molecular flexibility index (Phi) is 5.42. The molecule has 0 radical (unpaired) electrons. The van der Waals surface area contributed by atoms with Gasteiger partial charge in [-0.25, -0.2) is 0 Å². The molecule has 6 nitrogen and oxygen atoms in total. The number of nitrogens with zero attached hydrogens (tertiary/aromatic N) is 1. The molecule has 1 aromatic rings. The number of ether oxygens (including phenoxy) is 3. The summed E-state index contributed by atoms with van der Waals surface area (Å²) in [5, 5.41) is 10.2. The van der Waals surface area contributed by atoms with Gasteiger partial charge in [0, 0.05) is 29.5 Å².